The quantitative estimate of drug-likeness (QED) is 0.616. The Labute approximate surface area is 167 Å². The van der Waals surface area contributed by atoms with Gasteiger partial charge in [-0.2, -0.15) is 4.99 Å². The van der Waals surface area contributed by atoms with E-state index in [4.69, 9.17) is 9.47 Å². The zero-order valence-electron chi connectivity index (χ0n) is 16.3. The monoisotopic (exact) mass is 398 g/mol. The van der Waals surface area contributed by atoms with E-state index in [0.29, 0.717) is 16.9 Å². The fourth-order valence-corrected chi connectivity index (χ4v) is 4.07. The van der Waals surface area contributed by atoms with Crippen LogP contribution in [0, 0.1) is 13.8 Å². The summed E-state index contributed by atoms with van der Waals surface area (Å²) in [4.78, 5) is 29.3. The van der Waals surface area contributed by atoms with Crippen molar-refractivity contribution in [3.63, 3.8) is 0 Å². The first kappa shape index (κ1) is 19.8. The van der Waals surface area contributed by atoms with Crippen molar-refractivity contribution in [2.24, 2.45) is 4.99 Å². The molecule has 6 nitrogen and oxygen atoms in total. The zero-order valence-corrected chi connectivity index (χ0v) is 17.1. The summed E-state index contributed by atoms with van der Waals surface area (Å²) >= 11 is 1.39. The number of hydrogen-bond acceptors (Lipinski definition) is 5. The van der Waals surface area contributed by atoms with Gasteiger partial charge in [0.05, 0.1) is 30.9 Å². The number of ether oxygens (including phenoxy) is 2. The molecule has 0 radical (unpaired) electrons. The third kappa shape index (κ3) is 4.14. The zero-order chi connectivity index (χ0) is 20.3. The largest absolute Gasteiger partial charge is 0.497 e. The molecule has 0 bridgehead atoms. The molecule has 0 N–H and O–H groups in total. The lowest BCUT2D eigenvalue weighted by Crippen LogP contribution is -2.19. The van der Waals surface area contributed by atoms with Crippen LogP contribution in [-0.2, 0) is 16.1 Å². The van der Waals surface area contributed by atoms with Crippen LogP contribution in [0.25, 0.3) is 10.2 Å². The molecule has 1 amide bonds. The molecule has 146 valence electrons. The standard InChI is InChI=1S/C21H22N2O4S/c1-13-5-7-16(14(2)11-13)20(25)22-21-23(10-9-19(24)27-4)17-8-6-15(26-3)12-18(17)28-21/h5-8,11-12H,9-10H2,1-4H3. The highest BCUT2D eigenvalue weighted by Gasteiger charge is 2.13. The Balaban J connectivity index is 2.10. The molecule has 28 heavy (non-hydrogen) atoms. The van der Waals surface area contributed by atoms with E-state index in [1.54, 1.807) is 13.2 Å². The van der Waals surface area contributed by atoms with Gasteiger partial charge in [0.25, 0.3) is 5.91 Å². The second-order valence-electron chi connectivity index (χ2n) is 6.43. The summed E-state index contributed by atoms with van der Waals surface area (Å²) in [6, 6.07) is 11.3. The Morgan fingerprint density at radius 1 is 1.11 bits per heavy atom. The van der Waals surface area contributed by atoms with Crippen LogP contribution in [0.4, 0.5) is 0 Å². The van der Waals surface area contributed by atoms with E-state index in [-0.39, 0.29) is 18.3 Å². The number of aromatic nitrogens is 1. The van der Waals surface area contributed by atoms with Crippen LogP contribution in [0.15, 0.2) is 41.4 Å². The maximum atomic E-state index is 12.8. The minimum absolute atomic E-state index is 0.194. The highest BCUT2D eigenvalue weighted by Crippen LogP contribution is 2.23. The van der Waals surface area contributed by atoms with E-state index in [2.05, 4.69) is 4.99 Å². The van der Waals surface area contributed by atoms with Gasteiger partial charge in [-0.25, -0.2) is 0 Å². The second-order valence-corrected chi connectivity index (χ2v) is 7.44. The molecule has 2 aromatic carbocycles. The number of rotatable bonds is 5. The number of hydrogen-bond donors (Lipinski definition) is 0. The summed E-state index contributed by atoms with van der Waals surface area (Å²) in [5.74, 6) is 0.107. The van der Waals surface area contributed by atoms with E-state index in [1.807, 2.05) is 48.7 Å². The van der Waals surface area contributed by atoms with Crippen LogP contribution < -0.4 is 9.54 Å². The fraction of sp³-hybridized carbons (Fsp3) is 0.286. The van der Waals surface area contributed by atoms with Crippen molar-refractivity contribution in [3.8, 4) is 5.75 Å². The van der Waals surface area contributed by atoms with Gasteiger partial charge in [-0.05, 0) is 43.7 Å². The number of carbonyl (C=O) groups is 2. The highest BCUT2D eigenvalue weighted by molar-refractivity contribution is 7.16. The van der Waals surface area contributed by atoms with Gasteiger partial charge in [-0.3, -0.25) is 9.59 Å². The molecule has 0 spiro atoms. The van der Waals surface area contributed by atoms with E-state index < -0.39 is 0 Å². The van der Waals surface area contributed by atoms with Crippen LogP contribution in [-0.4, -0.2) is 30.7 Å². The molecule has 3 aromatic rings. The molecular formula is C21H22N2O4S. The number of benzene rings is 2. The average Bonchev–Trinajstić information content (AvgIpc) is 3.01. The number of methoxy groups -OCH3 is 2. The molecule has 3 rings (SSSR count). The molecule has 7 heteroatoms. The van der Waals surface area contributed by atoms with Gasteiger partial charge in [0.15, 0.2) is 4.80 Å². The van der Waals surface area contributed by atoms with Crippen LogP contribution in [0.2, 0.25) is 0 Å². The minimum Gasteiger partial charge on any atom is -0.497 e. The molecule has 0 aliphatic carbocycles. The topological polar surface area (TPSA) is 69.9 Å². The SMILES string of the molecule is COC(=O)CCn1c(=NC(=O)c2ccc(C)cc2C)sc2cc(OC)ccc21. The van der Waals surface area contributed by atoms with Crippen molar-refractivity contribution in [3.05, 3.63) is 57.9 Å². The predicted molar refractivity (Wildman–Crippen MR) is 109 cm³/mol. The molecule has 0 fully saturated rings. The number of aryl methyl sites for hydroxylation is 3. The Hall–Kier alpha value is -2.93. The van der Waals surface area contributed by atoms with E-state index in [0.717, 1.165) is 27.1 Å². The van der Waals surface area contributed by atoms with Gasteiger partial charge in [-0.1, -0.05) is 29.0 Å². The lowest BCUT2D eigenvalue weighted by Gasteiger charge is -2.06. The van der Waals surface area contributed by atoms with Gasteiger partial charge < -0.3 is 14.0 Å². The molecule has 0 saturated heterocycles. The van der Waals surface area contributed by atoms with Gasteiger partial charge in [-0.15, -0.1) is 0 Å². The molecule has 0 aliphatic rings. The van der Waals surface area contributed by atoms with Gasteiger partial charge >= 0.3 is 5.97 Å². The molecule has 0 aliphatic heterocycles. The van der Waals surface area contributed by atoms with Gasteiger partial charge in [0, 0.05) is 12.1 Å². The average molecular weight is 398 g/mol. The molecule has 1 aromatic heterocycles. The molecule has 1 heterocycles. The van der Waals surface area contributed by atoms with E-state index >= 15 is 0 Å². The number of thiazole rings is 1. The first-order valence-corrected chi connectivity index (χ1v) is 9.65. The van der Waals surface area contributed by atoms with Crippen LogP contribution >= 0.6 is 11.3 Å². The van der Waals surface area contributed by atoms with Crippen LogP contribution in [0.5, 0.6) is 5.75 Å². The molecule has 0 atom stereocenters. The molecule has 0 saturated carbocycles. The van der Waals surface area contributed by atoms with Crippen molar-refractivity contribution in [1.82, 2.24) is 4.57 Å². The van der Waals surface area contributed by atoms with E-state index in [9.17, 15) is 9.59 Å². The maximum absolute atomic E-state index is 12.8. The summed E-state index contributed by atoms with van der Waals surface area (Å²) < 4.78 is 12.8. The summed E-state index contributed by atoms with van der Waals surface area (Å²) in [7, 11) is 2.97. The first-order chi connectivity index (χ1) is 13.4. The molecular weight excluding hydrogens is 376 g/mol. The summed E-state index contributed by atoms with van der Waals surface area (Å²) in [5, 5.41) is 0. The van der Waals surface area contributed by atoms with Crippen molar-refractivity contribution in [2.75, 3.05) is 14.2 Å². The second kappa shape index (κ2) is 8.39. The van der Waals surface area contributed by atoms with Gasteiger partial charge in [0.1, 0.15) is 5.75 Å². The summed E-state index contributed by atoms with van der Waals surface area (Å²) in [5.41, 5.74) is 3.44. The summed E-state index contributed by atoms with van der Waals surface area (Å²) in [6.45, 7) is 4.26. The predicted octanol–water partition coefficient (Wildman–Crippen LogP) is 3.63. The lowest BCUT2D eigenvalue weighted by atomic mass is 10.1. The Morgan fingerprint density at radius 3 is 2.57 bits per heavy atom. The Morgan fingerprint density at radius 2 is 1.89 bits per heavy atom. The highest BCUT2D eigenvalue weighted by atomic mass is 32.1. The number of amides is 1. The van der Waals surface area contributed by atoms with Gasteiger partial charge in [0.2, 0.25) is 0 Å². The maximum Gasteiger partial charge on any atom is 0.307 e. The Kier molecular flexibility index (Phi) is 5.94. The Bertz CT molecular complexity index is 1110. The van der Waals surface area contributed by atoms with Crippen molar-refractivity contribution in [1.29, 1.82) is 0 Å². The third-order valence-electron chi connectivity index (χ3n) is 4.47. The number of fused-ring (bicyclic) bond motifs is 1. The molecule has 0 unspecified atom stereocenters. The number of nitrogens with zero attached hydrogens (tertiary/aromatic N) is 2. The summed E-state index contributed by atoms with van der Waals surface area (Å²) in [6.07, 6.45) is 0.194. The minimum atomic E-state index is -0.313. The normalized spacial score (nSPS) is 11.6. The van der Waals surface area contributed by atoms with E-state index in [1.165, 1.54) is 18.4 Å². The van der Waals surface area contributed by atoms with Crippen molar-refractivity contribution in [2.45, 2.75) is 26.8 Å². The first-order valence-electron chi connectivity index (χ1n) is 8.83. The van der Waals surface area contributed by atoms with Crippen LogP contribution in [0.3, 0.4) is 0 Å². The number of esters is 1. The lowest BCUT2D eigenvalue weighted by molar-refractivity contribution is -0.140. The third-order valence-corrected chi connectivity index (χ3v) is 5.51. The number of carbonyl (C=O) groups excluding carboxylic acids is 2. The van der Waals surface area contributed by atoms with Crippen molar-refractivity contribution >= 4 is 33.4 Å². The fourth-order valence-electron chi connectivity index (χ4n) is 2.99. The van der Waals surface area contributed by atoms with Crippen LogP contribution in [0.1, 0.15) is 27.9 Å². The smallest absolute Gasteiger partial charge is 0.307 e. The van der Waals surface area contributed by atoms with Crippen molar-refractivity contribution < 1.29 is 19.1 Å².